The number of aromatic nitrogens is 4. The van der Waals surface area contributed by atoms with Crippen molar-refractivity contribution in [1.29, 1.82) is 0 Å². The fourth-order valence-corrected chi connectivity index (χ4v) is 3.51. The summed E-state index contributed by atoms with van der Waals surface area (Å²) in [5, 5.41) is 11.0. The van der Waals surface area contributed by atoms with Gasteiger partial charge < -0.3 is 10.2 Å². The molecular weight excluding hydrogens is 344 g/mol. The van der Waals surface area contributed by atoms with E-state index in [4.69, 9.17) is 0 Å². The maximum atomic E-state index is 12.8. The highest BCUT2D eigenvalue weighted by Crippen LogP contribution is 2.22. The summed E-state index contributed by atoms with van der Waals surface area (Å²) in [7, 11) is 0. The van der Waals surface area contributed by atoms with Crippen LogP contribution in [0.2, 0.25) is 0 Å². The monoisotopic (exact) mass is 368 g/mol. The van der Waals surface area contributed by atoms with Crippen LogP contribution in [0.25, 0.3) is 0 Å². The van der Waals surface area contributed by atoms with Crippen LogP contribution in [0, 0.1) is 0 Å². The third-order valence-corrected chi connectivity index (χ3v) is 5.19. The maximum absolute atomic E-state index is 12.8. The predicted molar refractivity (Wildman–Crippen MR) is 98.0 cm³/mol. The first-order valence-corrected chi connectivity index (χ1v) is 9.63. The number of hydrogen-bond acceptors (Lipinski definition) is 5. The number of aryl methyl sites for hydroxylation is 1. The van der Waals surface area contributed by atoms with Gasteiger partial charge in [0.1, 0.15) is 0 Å². The number of likely N-dealkylation sites (tertiary alicyclic amines) is 1. The summed E-state index contributed by atoms with van der Waals surface area (Å²) in [4.78, 5) is 30.8. The van der Waals surface area contributed by atoms with Crippen molar-refractivity contribution in [2.24, 2.45) is 0 Å². The topological polar surface area (TPSA) is 93.0 Å². The Morgan fingerprint density at radius 1 is 1.15 bits per heavy atom. The molecule has 1 unspecified atom stereocenters. The maximum Gasteiger partial charge on any atom is 0.273 e. The quantitative estimate of drug-likeness (QED) is 0.837. The molecule has 1 aliphatic heterocycles. The molecule has 2 aromatic rings. The second kappa shape index (κ2) is 7.85. The molecule has 0 aromatic carbocycles. The number of pyridine rings is 1. The van der Waals surface area contributed by atoms with Crippen molar-refractivity contribution in [3.05, 3.63) is 42.0 Å². The standard InChI is InChI=1S/C19H24N6O2/c26-18(21-15-4-5-15)17-13-24(23-22-17)12-8-16-3-1-2-11-25(16)19(27)14-6-9-20-10-7-14/h6-7,9-10,13,15-16H,1-5,8,11-12H2,(H,21,26). The van der Waals surface area contributed by atoms with Crippen LogP contribution in [0.15, 0.2) is 30.7 Å². The Bertz CT molecular complexity index is 802. The summed E-state index contributed by atoms with van der Waals surface area (Å²) < 4.78 is 1.70. The minimum atomic E-state index is -0.157. The number of carbonyl (C=O) groups excluding carboxylic acids is 2. The fourth-order valence-electron chi connectivity index (χ4n) is 3.51. The van der Waals surface area contributed by atoms with E-state index < -0.39 is 0 Å². The molecule has 3 heterocycles. The summed E-state index contributed by atoms with van der Waals surface area (Å²) in [6.07, 6.45) is 11.0. The lowest BCUT2D eigenvalue weighted by molar-refractivity contribution is 0.0593. The van der Waals surface area contributed by atoms with E-state index in [9.17, 15) is 9.59 Å². The van der Waals surface area contributed by atoms with E-state index >= 15 is 0 Å². The molecule has 4 rings (SSSR count). The number of carbonyl (C=O) groups is 2. The van der Waals surface area contributed by atoms with Gasteiger partial charge in [-0.2, -0.15) is 0 Å². The number of piperidine rings is 1. The molecule has 2 aromatic heterocycles. The second-order valence-corrected chi connectivity index (χ2v) is 7.29. The Hall–Kier alpha value is -2.77. The summed E-state index contributed by atoms with van der Waals surface area (Å²) in [5.41, 5.74) is 1.03. The van der Waals surface area contributed by atoms with E-state index in [2.05, 4.69) is 20.6 Å². The molecular formula is C19H24N6O2. The van der Waals surface area contributed by atoms with Crippen LogP contribution in [0.3, 0.4) is 0 Å². The molecule has 142 valence electrons. The zero-order chi connectivity index (χ0) is 18.6. The van der Waals surface area contributed by atoms with E-state index in [1.54, 1.807) is 35.4 Å². The van der Waals surface area contributed by atoms with Crippen molar-refractivity contribution in [3.8, 4) is 0 Å². The Balaban J connectivity index is 1.36. The highest BCUT2D eigenvalue weighted by molar-refractivity contribution is 5.94. The van der Waals surface area contributed by atoms with E-state index in [-0.39, 0.29) is 17.9 Å². The predicted octanol–water partition coefficient (Wildman–Crippen LogP) is 1.65. The summed E-state index contributed by atoms with van der Waals surface area (Å²) in [6.45, 7) is 1.41. The van der Waals surface area contributed by atoms with Crippen molar-refractivity contribution in [3.63, 3.8) is 0 Å². The lowest BCUT2D eigenvalue weighted by atomic mass is 9.98. The zero-order valence-corrected chi connectivity index (χ0v) is 15.3. The molecule has 8 heteroatoms. The third kappa shape index (κ3) is 4.32. The summed E-state index contributed by atoms with van der Waals surface area (Å²) >= 11 is 0. The molecule has 0 radical (unpaired) electrons. The number of nitrogens with one attached hydrogen (secondary N) is 1. The number of amides is 2. The molecule has 1 saturated heterocycles. The second-order valence-electron chi connectivity index (χ2n) is 7.29. The highest BCUT2D eigenvalue weighted by Gasteiger charge is 2.28. The molecule has 1 aliphatic carbocycles. The average molecular weight is 368 g/mol. The van der Waals surface area contributed by atoms with Crippen LogP contribution >= 0.6 is 0 Å². The molecule has 0 spiro atoms. The van der Waals surface area contributed by atoms with Gasteiger partial charge in [-0.15, -0.1) is 5.10 Å². The summed E-state index contributed by atoms with van der Waals surface area (Å²) in [6, 6.07) is 4.00. The first-order chi connectivity index (χ1) is 13.2. The van der Waals surface area contributed by atoms with Gasteiger partial charge in [-0.05, 0) is 50.7 Å². The Morgan fingerprint density at radius 2 is 1.96 bits per heavy atom. The van der Waals surface area contributed by atoms with Gasteiger partial charge in [0.05, 0.1) is 6.20 Å². The number of rotatable bonds is 6. The van der Waals surface area contributed by atoms with Gasteiger partial charge in [-0.1, -0.05) is 5.21 Å². The Morgan fingerprint density at radius 3 is 2.74 bits per heavy atom. The normalized spacial score (nSPS) is 19.7. The zero-order valence-electron chi connectivity index (χ0n) is 15.3. The lowest BCUT2D eigenvalue weighted by Crippen LogP contribution is -2.44. The molecule has 27 heavy (non-hydrogen) atoms. The van der Waals surface area contributed by atoms with Crippen molar-refractivity contribution >= 4 is 11.8 Å². The SMILES string of the molecule is O=C(NC1CC1)c1cn(CCC2CCCCN2C(=O)c2ccncc2)nn1. The van der Waals surface area contributed by atoms with Crippen molar-refractivity contribution in [2.75, 3.05) is 6.54 Å². The summed E-state index contributed by atoms with van der Waals surface area (Å²) in [5.74, 6) is -0.0962. The highest BCUT2D eigenvalue weighted by atomic mass is 16.2. The largest absolute Gasteiger partial charge is 0.348 e. The molecule has 2 amide bonds. The lowest BCUT2D eigenvalue weighted by Gasteiger charge is -2.36. The van der Waals surface area contributed by atoms with Gasteiger partial charge in [-0.25, -0.2) is 0 Å². The average Bonchev–Trinajstić information content (AvgIpc) is 3.39. The third-order valence-electron chi connectivity index (χ3n) is 5.19. The smallest absolute Gasteiger partial charge is 0.273 e. The van der Waals surface area contributed by atoms with Gasteiger partial charge in [-0.3, -0.25) is 19.3 Å². The first kappa shape index (κ1) is 17.6. The number of hydrogen-bond donors (Lipinski definition) is 1. The number of nitrogens with zero attached hydrogens (tertiary/aromatic N) is 5. The molecule has 1 saturated carbocycles. The van der Waals surface area contributed by atoms with Gasteiger partial charge in [0, 0.05) is 43.1 Å². The van der Waals surface area contributed by atoms with Crippen LogP contribution < -0.4 is 5.32 Å². The Labute approximate surface area is 158 Å². The van der Waals surface area contributed by atoms with Crippen LogP contribution in [0.5, 0.6) is 0 Å². The van der Waals surface area contributed by atoms with Crippen molar-refractivity contribution in [2.45, 2.75) is 57.2 Å². The molecule has 0 bridgehead atoms. The van der Waals surface area contributed by atoms with Crippen LogP contribution in [0.1, 0.15) is 59.4 Å². The van der Waals surface area contributed by atoms with Crippen LogP contribution in [-0.2, 0) is 6.54 Å². The van der Waals surface area contributed by atoms with Gasteiger partial charge in [0.25, 0.3) is 11.8 Å². The molecule has 8 nitrogen and oxygen atoms in total. The van der Waals surface area contributed by atoms with E-state index in [1.165, 1.54) is 0 Å². The minimum absolute atomic E-state index is 0.0604. The van der Waals surface area contributed by atoms with Gasteiger partial charge in [0.2, 0.25) is 0 Å². The molecule has 1 atom stereocenters. The van der Waals surface area contributed by atoms with Crippen LogP contribution in [-0.4, -0.2) is 55.3 Å². The Kier molecular flexibility index (Phi) is 5.13. The van der Waals surface area contributed by atoms with E-state index in [1.807, 2.05) is 4.90 Å². The van der Waals surface area contributed by atoms with Crippen molar-refractivity contribution < 1.29 is 9.59 Å². The fraction of sp³-hybridized carbons (Fsp3) is 0.526. The van der Waals surface area contributed by atoms with Gasteiger partial charge in [0.15, 0.2) is 5.69 Å². The van der Waals surface area contributed by atoms with Crippen LogP contribution in [0.4, 0.5) is 0 Å². The van der Waals surface area contributed by atoms with E-state index in [0.717, 1.165) is 45.1 Å². The molecule has 2 aliphatic rings. The van der Waals surface area contributed by atoms with E-state index in [0.29, 0.717) is 23.8 Å². The minimum Gasteiger partial charge on any atom is -0.348 e. The molecule has 2 fully saturated rings. The molecule has 1 N–H and O–H groups in total. The van der Waals surface area contributed by atoms with Gasteiger partial charge >= 0.3 is 0 Å². The first-order valence-electron chi connectivity index (χ1n) is 9.63. The van der Waals surface area contributed by atoms with Crippen molar-refractivity contribution in [1.82, 2.24) is 30.2 Å².